The first kappa shape index (κ1) is 9.98. The molecule has 0 aromatic heterocycles. The van der Waals surface area contributed by atoms with Crippen molar-refractivity contribution < 1.29 is 4.39 Å². The fourth-order valence-electron chi connectivity index (χ4n) is 2.10. The van der Waals surface area contributed by atoms with Crippen LogP contribution in [0.1, 0.15) is 29.4 Å². The van der Waals surface area contributed by atoms with E-state index in [1.807, 2.05) is 36.4 Å². The van der Waals surface area contributed by atoms with Crippen molar-refractivity contribution in [3.8, 4) is 12.3 Å². The van der Waals surface area contributed by atoms with E-state index in [-0.39, 0.29) is 18.5 Å². The van der Waals surface area contributed by atoms with Gasteiger partial charge in [-0.2, -0.15) is 0 Å². The van der Waals surface area contributed by atoms with Crippen LogP contribution >= 0.6 is 0 Å². The van der Waals surface area contributed by atoms with Crippen LogP contribution in [0.25, 0.3) is 0 Å². The number of fused-ring (bicyclic) bond motifs is 1. The molecule has 1 heteroatoms. The maximum absolute atomic E-state index is 12.4. The second-order valence-electron chi connectivity index (χ2n) is 3.74. The van der Waals surface area contributed by atoms with Gasteiger partial charge in [0.15, 0.2) is 0 Å². The minimum Gasteiger partial charge on any atom is -0.251 e. The van der Waals surface area contributed by atoms with Gasteiger partial charge in [0.25, 0.3) is 0 Å². The minimum atomic E-state index is -0.288. The average Bonchev–Trinajstić information content (AvgIpc) is 2.30. The number of rotatable bonds is 2. The van der Waals surface area contributed by atoms with Gasteiger partial charge in [0, 0.05) is 5.92 Å². The van der Waals surface area contributed by atoms with Crippen LogP contribution in [-0.2, 0) is 0 Å². The number of halogens is 1. The number of alkyl halides is 1. The topological polar surface area (TPSA) is 0 Å². The summed E-state index contributed by atoms with van der Waals surface area (Å²) in [4.78, 5) is 0. The fraction of sp³-hybridized carbons (Fsp3) is 0.286. The second-order valence-corrected chi connectivity index (χ2v) is 3.74. The molecule has 1 aliphatic rings. The van der Waals surface area contributed by atoms with Crippen LogP contribution < -0.4 is 0 Å². The molecule has 2 rings (SSSR count). The monoisotopic (exact) mass is 200 g/mol. The van der Waals surface area contributed by atoms with E-state index in [4.69, 9.17) is 6.42 Å². The zero-order valence-electron chi connectivity index (χ0n) is 8.49. The van der Waals surface area contributed by atoms with Gasteiger partial charge in [-0.05, 0) is 17.5 Å². The SMILES string of the molecule is C#CC1C=CC(CCF)c2ccccc21. The summed E-state index contributed by atoms with van der Waals surface area (Å²) in [5.41, 5.74) is 2.33. The lowest BCUT2D eigenvalue weighted by Crippen LogP contribution is -2.09. The summed E-state index contributed by atoms with van der Waals surface area (Å²) in [5, 5.41) is 0. The van der Waals surface area contributed by atoms with Crippen molar-refractivity contribution in [2.24, 2.45) is 0 Å². The highest BCUT2D eigenvalue weighted by Crippen LogP contribution is 2.34. The van der Waals surface area contributed by atoms with E-state index in [1.165, 1.54) is 5.56 Å². The summed E-state index contributed by atoms with van der Waals surface area (Å²) >= 11 is 0. The van der Waals surface area contributed by atoms with Crippen LogP contribution in [0, 0.1) is 12.3 Å². The zero-order valence-corrected chi connectivity index (χ0v) is 8.49. The highest BCUT2D eigenvalue weighted by atomic mass is 19.1. The molecule has 0 saturated carbocycles. The Morgan fingerprint density at radius 1 is 1.20 bits per heavy atom. The first-order valence-electron chi connectivity index (χ1n) is 5.16. The first-order chi connectivity index (χ1) is 7.36. The summed E-state index contributed by atoms with van der Waals surface area (Å²) in [6.07, 6.45) is 10.0. The molecule has 1 aliphatic carbocycles. The Morgan fingerprint density at radius 2 is 1.93 bits per heavy atom. The van der Waals surface area contributed by atoms with Gasteiger partial charge in [0.1, 0.15) is 0 Å². The predicted octanol–water partition coefficient (Wildman–Crippen LogP) is 3.42. The van der Waals surface area contributed by atoms with Gasteiger partial charge in [-0.3, -0.25) is 4.39 Å². The number of terminal acetylenes is 1. The van der Waals surface area contributed by atoms with E-state index >= 15 is 0 Å². The quantitative estimate of drug-likeness (QED) is 0.507. The first-order valence-corrected chi connectivity index (χ1v) is 5.16. The maximum Gasteiger partial charge on any atom is 0.0903 e. The highest BCUT2D eigenvalue weighted by Gasteiger charge is 2.20. The molecular weight excluding hydrogens is 187 g/mol. The van der Waals surface area contributed by atoms with E-state index in [0.717, 1.165) is 5.56 Å². The van der Waals surface area contributed by atoms with Crippen LogP contribution in [0.4, 0.5) is 4.39 Å². The van der Waals surface area contributed by atoms with Crippen LogP contribution in [0.2, 0.25) is 0 Å². The molecule has 0 aliphatic heterocycles. The Morgan fingerprint density at radius 3 is 2.60 bits per heavy atom. The van der Waals surface area contributed by atoms with Crippen LogP contribution in [-0.4, -0.2) is 6.67 Å². The molecule has 1 aromatic carbocycles. The van der Waals surface area contributed by atoms with Crippen molar-refractivity contribution >= 4 is 0 Å². The molecule has 0 bridgehead atoms. The second kappa shape index (κ2) is 4.31. The van der Waals surface area contributed by atoms with Crippen molar-refractivity contribution in [2.75, 3.05) is 6.67 Å². The summed E-state index contributed by atoms with van der Waals surface area (Å²) in [7, 11) is 0. The molecule has 1 aromatic rings. The standard InChI is InChI=1S/C14H13F/c1-2-11-7-8-12(9-10-15)14-6-4-3-5-13(11)14/h1,3-8,11-12H,9-10H2. The lowest BCUT2D eigenvalue weighted by atomic mass is 9.81. The molecule has 0 nitrogen and oxygen atoms in total. The Hall–Kier alpha value is -1.55. The van der Waals surface area contributed by atoms with E-state index in [1.54, 1.807) is 0 Å². The molecule has 76 valence electrons. The predicted molar refractivity (Wildman–Crippen MR) is 60.5 cm³/mol. The molecule has 2 atom stereocenters. The summed E-state index contributed by atoms with van der Waals surface area (Å²) in [5.74, 6) is 2.99. The van der Waals surface area contributed by atoms with E-state index in [9.17, 15) is 4.39 Å². The van der Waals surface area contributed by atoms with Crippen LogP contribution in [0.3, 0.4) is 0 Å². The van der Waals surface area contributed by atoms with Gasteiger partial charge in [0.05, 0.1) is 12.6 Å². The Bertz CT molecular complexity index is 412. The molecule has 0 radical (unpaired) electrons. The van der Waals surface area contributed by atoms with Gasteiger partial charge in [-0.15, -0.1) is 6.42 Å². The molecule has 2 unspecified atom stereocenters. The van der Waals surface area contributed by atoms with Crippen molar-refractivity contribution in [2.45, 2.75) is 18.3 Å². The van der Waals surface area contributed by atoms with Crippen LogP contribution in [0.5, 0.6) is 0 Å². The third-order valence-electron chi connectivity index (χ3n) is 2.87. The summed E-state index contributed by atoms with van der Waals surface area (Å²) in [6, 6.07) is 8.05. The highest BCUT2D eigenvalue weighted by molar-refractivity contribution is 5.45. The van der Waals surface area contributed by atoms with E-state index < -0.39 is 0 Å². The third kappa shape index (κ3) is 1.80. The average molecular weight is 200 g/mol. The zero-order chi connectivity index (χ0) is 10.7. The molecule has 15 heavy (non-hydrogen) atoms. The number of hydrogen-bond donors (Lipinski definition) is 0. The molecule has 0 N–H and O–H groups in total. The van der Waals surface area contributed by atoms with Gasteiger partial charge in [-0.1, -0.05) is 42.3 Å². The van der Waals surface area contributed by atoms with E-state index in [2.05, 4.69) is 5.92 Å². The van der Waals surface area contributed by atoms with Gasteiger partial charge in [-0.25, -0.2) is 0 Å². The lowest BCUT2D eigenvalue weighted by Gasteiger charge is -2.23. The van der Waals surface area contributed by atoms with E-state index in [0.29, 0.717) is 6.42 Å². The Labute approximate surface area is 89.8 Å². The van der Waals surface area contributed by atoms with Crippen molar-refractivity contribution in [1.82, 2.24) is 0 Å². The van der Waals surface area contributed by atoms with Crippen molar-refractivity contribution in [3.05, 3.63) is 47.5 Å². The van der Waals surface area contributed by atoms with Gasteiger partial charge >= 0.3 is 0 Å². The molecular formula is C14H13F. The third-order valence-corrected chi connectivity index (χ3v) is 2.87. The molecule has 0 heterocycles. The van der Waals surface area contributed by atoms with Crippen LogP contribution in [0.15, 0.2) is 36.4 Å². The Balaban J connectivity index is 2.41. The van der Waals surface area contributed by atoms with Crippen molar-refractivity contribution in [3.63, 3.8) is 0 Å². The molecule has 0 fully saturated rings. The lowest BCUT2D eigenvalue weighted by molar-refractivity contribution is 0.456. The smallest absolute Gasteiger partial charge is 0.0903 e. The largest absolute Gasteiger partial charge is 0.251 e. The molecule has 0 amide bonds. The normalized spacial score (nSPS) is 23.2. The molecule has 0 spiro atoms. The summed E-state index contributed by atoms with van der Waals surface area (Å²) in [6.45, 7) is -0.288. The summed E-state index contributed by atoms with van der Waals surface area (Å²) < 4.78 is 12.4. The Kier molecular flexibility index (Phi) is 2.87. The molecule has 0 saturated heterocycles. The van der Waals surface area contributed by atoms with Gasteiger partial charge < -0.3 is 0 Å². The minimum absolute atomic E-state index is 0.0528. The number of hydrogen-bond acceptors (Lipinski definition) is 0. The van der Waals surface area contributed by atoms with Gasteiger partial charge in [0.2, 0.25) is 0 Å². The number of benzene rings is 1. The fourth-order valence-corrected chi connectivity index (χ4v) is 2.10. The van der Waals surface area contributed by atoms with Crippen molar-refractivity contribution in [1.29, 1.82) is 0 Å². The number of allylic oxidation sites excluding steroid dienone is 2. The maximum atomic E-state index is 12.4.